The van der Waals surface area contributed by atoms with Crippen LogP contribution in [-0.2, 0) is 4.79 Å². The van der Waals surface area contributed by atoms with Crippen LogP contribution in [-0.4, -0.2) is 23.9 Å². The van der Waals surface area contributed by atoms with E-state index in [1.54, 1.807) is 7.05 Å². The third-order valence-corrected chi connectivity index (χ3v) is 1.27. The monoisotopic (exact) mass is 135 g/mol. The maximum atomic E-state index is 10.6. The van der Waals surface area contributed by atoms with Crippen LogP contribution < -0.4 is 0 Å². The SMILES string of the molecule is CCC(=O)N(C)CCl. The molecule has 0 atom stereocenters. The Hall–Kier alpha value is -0.240. The van der Waals surface area contributed by atoms with Crippen molar-refractivity contribution >= 4 is 17.5 Å². The molecule has 0 fully saturated rings. The summed E-state index contributed by atoms with van der Waals surface area (Å²) in [5, 5.41) is 0. The Morgan fingerprint density at radius 1 is 1.75 bits per heavy atom. The molecule has 3 heteroatoms. The molecule has 0 unspecified atom stereocenters. The lowest BCUT2D eigenvalue weighted by Gasteiger charge is -2.10. The van der Waals surface area contributed by atoms with E-state index >= 15 is 0 Å². The van der Waals surface area contributed by atoms with Gasteiger partial charge in [0, 0.05) is 13.5 Å². The topological polar surface area (TPSA) is 20.3 Å². The van der Waals surface area contributed by atoms with Crippen LogP contribution in [0.5, 0.6) is 0 Å². The molecular formula is C5H10ClNO. The van der Waals surface area contributed by atoms with E-state index < -0.39 is 0 Å². The number of halogens is 1. The van der Waals surface area contributed by atoms with Gasteiger partial charge in [-0.3, -0.25) is 4.79 Å². The molecule has 1 amide bonds. The fraction of sp³-hybridized carbons (Fsp3) is 0.800. The first kappa shape index (κ1) is 7.76. The fourth-order valence-corrected chi connectivity index (χ4v) is 0.470. The highest BCUT2D eigenvalue weighted by molar-refractivity contribution is 6.18. The molecule has 8 heavy (non-hydrogen) atoms. The third kappa shape index (κ3) is 2.17. The predicted molar refractivity (Wildman–Crippen MR) is 33.8 cm³/mol. The Labute approximate surface area is 54.4 Å². The van der Waals surface area contributed by atoms with Gasteiger partial charge in [-0.25, -0.2) is 0 Å². The molecule has 0 aliphatic heterocycles. The second kappa shape index (κ2) is 3.72. The quantitative estimate of drug-likeness (QED) is 0.410. The normalized spacial score (nSPS) is 8.88. The van der Waals surface area contributed by atoms with Crippen molar-refractivity contribution in [1.29, 1.82) is 0 Å². The molecule has 0 aliphatic carbocycles. The molecule has 48 valence electrons. The molecule has 0 aromatic heterocycles. The number of rotatable bonds is 2. The number of carbonyl (C=O) groups is 1. The van der Waals surface area contributed by atoms with Crippen molar-refractivity contribution in [3.05, 3.63) is 0 Å². The average molecular weight is 136 g/mol. The molecule has 0 saturated heterocycles. The first-order valence-electron chi connectivity index (χ1n) is 2.52. The molecule has 0 bridgehead atoms. The van der Waals surface area contributed by atoms with Gasteiger partial charge in [0.15, 0.2) is 0 Å². The lowest BCUT2D eigenvalue weighted by Crippen LogP contribution is -2.23. The molecule has 0 radical (unpaired) electrons. The van der Waals surface area contributed by atoms with Gasteiger partial charge < -0.3 is 4.90 Å². The van der Waals surface area contributed by atoms with Crippen LogP contribution in [0.2, 0.25) is 0 Å². The Morgan fingerprint density at radius 2 is 2.25 bits per heavy atom. The summed E-state index contributed by atoms with van der Waals surface area (Å²) in [6.45, 7) is 1.81. The highest BCUT2D eigenvalue weighted by Crippen LogP contribution is 1.89. The minimum Gasteiger partial charge on any atom is -0.332 e. The second-order valence-corrected chi connectivity index (χ2v) is 1.80. The zero-order valence-corrected chi connectivity index (χ0v) is 5.90. The first-order chi connectivity index (χ1) is 3.72. The van der Waals surface area contributed by atoms with E-state index in [-0.39, 0.29) is 11.9 Å². The van der Waals surface area contributed by atoms with Crippen LogP contribution in [0.1, 0.15) is 13.3 Å². The van der Waals surface area contributed by atoms with E-state index in [4.69, 9.17) is 11.6 Å². The number of hydrogen-bond donors (Lipinski definition) is 0. The predicted octanol–water partition coefficient (Wildman–Crippen LogP) is 1.05. The Balaban J connectivity index is 3.46. The minimum atomic E-state index is 0.0833. The number of carbonyl (C=O) groups excluding carboxylic acids is 1. The zero-order chi connectivity index (χ0) is 6.57. The van der Waals surface area contributed by atoms with Crippen LogP contribution in [0.3, 0.4) is 0 Å². The van der Waals surface area contributed by atoms with Crippen molar-refractivity contribution in [2.75, 3.05) is 13.1 Å². The zero-order valence-electron chi connectivity index (χ0n) is 5.15. The lowest BCUT2D eigenvalue weighted by molar-refractivity contribution is -0.128. The molecule has 0 aromatic rings. The summed E-state index contributed by atoms with van der Waals surface area (Å²) in [6, 6.07) is 0.284. The Morgan fingerprint density at radius 3 is 2.38 bits per heavy atom. The first-order valence-corrected chi connectivity index (χ1v) is 3.05. The van der Waals surface area contributed by atoms with Crippen LogP contribution >= 0.6 is 11.6 Å². The summed E-state index contributed by atoms with van der Waals surface area (Å²) < 4.78 is 0. The molecule has 2 nitrogen and oxygen atoms in total. The molecule has 0 aliphatic rings. The number of amides is 1. The van der Waals surface area contributed by atoms with E-state index in [1.165, 1.54) is 4.90 Å². The summed E-state index contributed by atoms with van der Waals surface area (Å²) in [5.74, 6) is 0.0833. The average Bonchev–Trinajstić information content (AvgIpc) is 1.84. The number of hydrogen-bond acceptors (Lipinski definition) is 1. The van der Waals surface area contributed by atoms with Crippen molar-refractivity contribution in [3.8, 4) is 0 Å². The van der Waals surface area contributed by atoms with E-state index in [0.717, 1.165) is 0 Å². The Kier molecular flexibility index (Phi) is 3.61. The van der Waals surface area contributed by atoms with Crippen LogP contribution in [0.4, 0.5) is 0 Å². The largest absolute Gasteiger partial charge is 0.332 e. The van der Waals surface area contributed by atoms with Gasteiger partial charge in [0.1, 0.15) is 0 Å². The van der Waals surface area contributed by atoms with Crippen molar-refractivity contribution in [2.24, 2.45) is 0 Å². The fourth-order valence-electron chi connectivity index (χ4n) is 0.337. The summed E-state index contributed by atoms with van der Waals surface area (Å²) in [6.07, 6.45) is 0.531. The van der Waals surface area contributed by atoms with E-state index in [0.29, 0.717) is 6.42 Å². The van der Waals surface area contributed by atoms with E-state index in [1.807, 2.05) is 6.92 Å². The van der Waals surface area contributed by atoms with Gasteiger partial charge in [0.25, 0.3) is 0 Å². The van der Waals surface area contributed by atoms with Crippen molar-refractivity contribution in [2.45, 2.75) is 13.3 Å². The molecule has 0 N–H and O–H groups in total. The van der Waals surface area contributed by atoms with E-state index in [9.17, 15) is 4.79 Å². The molecule has 0 aromatic carbocycles. The number of nitrogens with zero attached hydrogens (tertiary/aromatic N) is 1. The highest BCUT2D eigenvalue weighted by Gasteiger charge is 2.00. The lowest BCUT2D eigenvalue weighted by atomic mass is 10.4. The van der Waals surface area contributed by atoms with Gasteiger partial charge in [0.05, 0.1) is 6.00 Å². The molecule has 0 saturated carbocycles. The standard InChI is InChI=1S/C5H10ClNO/c1-3-5(8)7(2)4-6/h3-4H2,1-2H3. The summed E-state index contributed by atoms with van der Waals surface area (Å²) >= 11 is 5.33. The highest BCUT2D eigenvalue weighted by atomic mass is 35.5. The molecule has 0 rings (SSSR count). The third-order valence-electron chi connectivity index (χ3n) is 0.907. The van der Waals surface area contributed by atoms with Crippen LogP contribution in [0, 0.1) is 0 Å². The maximum absolute atomic E-state index is 10.6. The van der Waals surface area contributed by atoms with Crippen LogP contribution in [0.15, 0.2) is 0 Å². The number of alkyl halides is 1. The minimum absolute atomic E-state index is 0.0833. The smallest absolute Gasteiger partial charge is 0.222 e. The van der Waals surface area contributed by atoms with Gasteiger partial charge >= 0.3 is 0 Å². The maximum Gasteiger partial charge on any atom is 0.222 e. The molecule has 0 heterocycles. The summed E-state index contributed by atoms with van der Waals surface area (Å²) in [5.41, 5.74) is 0. The molecular weight excluding hydrogens is 126 g/mol. The summed E-state index contributed by atoms with van der Waals surface area (Å²) in [4.78, 5) is 12.1. The Bertz CT molecular complexity index is 84.5. The van der Waals surface area contributed by atoms with Crippen molar-refractivity contribution < 1.29 is 4.79 Å². The van der Waals surface area contributed by atoms with Crippen molar-refractivity contribution in [1.82, 2.24) is 4.90 Å². The van der Waals surface area contributed by atoms with Crippen LogP contribution in [0.25, 0.3) is 0 Å². The van der Waals surface area contributed by atoms with Gasteiger partial charge in [-0.1, -0.05) is 6.92 Å². The van der Waals surface area contributed by atoms with E-state index in [2.05, 4.69) is 0 Å². The van der Waals surface area contributed by atoms with Gasteiger partial charge in [0.2, 0.25) is 5.91 Å². The van der Waals surface area contributed by atoms with Gasteiger partial charge in [-0.05, 0) is 0 Å². The second-order valence-electron chi connectivity index (χ2n) is 1.56. The van der Waals surface area contributed by atoms with Gasteiger partial charge in [-0.15, -0.1) is 11.6 Å². The molecule has 0 spiro atoms. The van der Waals surface area contributed by atoms with Crippen molar-refractivity contribution in [3.63, 3.8) is 0 Å². The summed E-state index contributed by atoms with van der Waals surface area (Å²) in [7, 11) is 1.68. The van der Waals surface area contributed by atoms with Gasteiger partial charge in [-0.2, -0.15) is 0 Å².